The number of nitrogens with one attached hydrogen (secondary N) is 1. The Morgan fingerprint density at radius 1 is 1.61 bits per heavy atom. The molecule has 1 fully saturated rings. The van der Waals surface area contributed by atoms with E-state index in [0.29, 0.717) is 6.04 Å². The number of likely N-dealkylation sites (N-methyl/N-ethyl adjacent to an activating group) is 1. The summed E-state index contributed by atoms with van der Waals surface area (Å²) in [5.41, 5.74) is 0. The third-order valence-corrected chi connectivity index (χ3v) is 4.54. The van der Waals surface area contributed by atoms with Gasteiger partial charge in [-0.15, -0.1) is 23.7 Å². The van der Waals surface area contributed by atoms with E-state index in [2.05, 4.69) is 5.32 Å². The van der Waals surface area contributed by atoms with E-state index in [-0.39, 0.29) is 24.2 Å². The van der Waals surface area contributed by atoms with Crippen LogP contribution < -0.4 is 5.32 Å². The first-order valence-corrected chi connectivity index (χ1v) is 7.09. The summed E-state index contributed by atoms with van der Waals surface area (Å²) in [6, 6.07) is 4.52. The van der Waals surface area contributed by atoms with Crippen LogP contribution >= 0.6 is 23.7 Å². The molecule has 2 atom stereocenters. The molecular weight excluding hydrogens is 268 g/mol. The maximum Gasteiger partial charge on any atom is 0.230 e. The Kier molecular flexibility index (Phi) is 6.12. The number of piperidine rings is 1. The molecule has 1 aliphatic heterocycles. The van der Waals surface area contributed by atoms with E-state index >= 15 is 0 Å². The van der Waals surface area contributed by atoms with Crippen molar-refractivity contribution in [2.24, 2.45) is 0 Å². The van der Waals surface area contributed by atoms with Gasteiger partial charge in [0.25, 0.3) is 0 Å². The average molecular weight is 289 g/mol. The van der Waals surface area contributed by atoms with Gasteiger partial charge in [-0.2, -0.15) is 0 Å². The molecule has 1 saturated heterocycles. The van der Waals surface area contributed by atoms with Crippen LogP contribution in [-0.4, -0.2) is 37.0 Å². The van der Waals surface area contributed by atoms with Crippen LogP contribution in [0.1, 0.15) is 30.6 Å². The molecule has 0 aliphatic carbocycles. The Labute approximate surface area is 119 Å². The Balaban J connectivity index is 0.00000162. The molecule has 1 aromatic heterocycles. The summed E-state index contributed by atoms with van der Waals surface area (Å²) >= 11 is 1.67. The van der Waals surface area contributed by atoms with E-state index in [9.17, 15) is 4.79 Å². The third-order valence-electron chi connectivity index (χ3n) is 3.48. The van der Waals surface area contributed by atoms with Gasteiger partial charge in [0.2, 0.25) is 5.91 Å². The van der Waals surface area contributed by atoms with Crippen molar-refractivity contribution in [2.75, 3.05) is 20.1 Å². The molecule has 18 heavy (non-hydrogen) atoms. The van der Waals surface area contributed by atoms with Gasteiger partial charge in [0.05, 0.1) is 5.92 Å². The topological polar surface area (TPSA) is 32.3 Å². The van der Waals surface area contributed by atoms with Gasteiger partial charge in [0.1, 0.15) is 0 Å². The highest BCUT2D eigenvalue weighted by molar-refractivity contribution is 7.10. The molecule has 0 aromatic carbocycles. The van der Waals surface area contributed by atoms with Crippen LogP contribution in [-0.2, 0) is 4.79 Å². The van der Waals surface area contributed by atoms with Crippen LogP contribution in [0.25, 0.3) is 0 Å². The molecule has 2 rings (SSSR count). The molecule has 2 unspecified atom stereocenters. The lowest BCUT2D eigenvalue weighted by atomic mass is 10.0. The first kappa shape index (κ1) is 15.5. The van der Waals surface area contributed by atoms with Gasteiger partial charge in [-0.25, -0.2) is 0 Å². The minimum Gasteiger partial charge on any atom is -0.341 e. The molecule has 1 aromatic rings. The fourth-order valence-corrected chi connectivity index (χ4v) is 3.12. The second kappa shape index (κ2) is 7.12. The smallest absolute Gasteiger partial charge is 0.230 e. The maximum atomic E-state index is 12.4. The van der Waals surface area contributed by atoms with Gasteiger partial charge >= 0.3 is 0 Å². The fourth-order valence-electron chi connectivity index (χ4n) is 2.35. The second-order valence-electron chi connectivity index (χ2n) is 4.65. The number of amides is 1. The van der Waals surface area contributed by atoms with Crippen molar-refractivity contribution >= 4 is 29.7 Å². The number of hydrogen-bond donors (Lipinski definition) is 1. The minimum atomic E-state index is 0. The summed E-state index contributed by atoms with van der Waals surface area (Å²) in [5, 5.41) is 5.30. The number of carbonyl (C=O) groups excluding carboxylic acids is 1. The van der Waals surface area contributed by atoms with E-state index in [0.717, 1.165) is 19.5 Å². The maximum absolute atomic E-state index is 12.4. The highest BCUT2D eigenvalue weighted by Gasteiger charge is 2.27. The quantitative estimate of drug-likeness (QED) is 0.927. The Bertz CT molecular complexity index is 369. The van der Waals surface area contributed by atoms with Crippen LogP contribution in [0, 0.1) is 0 Å². The summed E-state index contributed by atoms with van der Waals surface area (Å²) in [6.45, 7) is 3.77. The molecule has 3 nitrogen and oxygen atoms in total. The number of hydrogen-bond acceptors (Lipinski definition) is 3. The highest BCUT2D eigenvalue weighted by Crippen LogP contribution is 2.24. The zero-order valence-corrected chi connectivity index (χ0v) is 12.5. The van der Waals surface area contributed by atoms with Crippen LogP contribution in [0.5, 0.6) is 0 Å². The molecular formula is C13H21ClN2OS. The molecule has 0 saturated carbocycles. The van der Waals surface area contributed by atoms with E-state index in [4.69, 9.17) is 0 Å². The van der Waals surface area contributed by atoms with Gasteiger partial charge in [-0.3, -0.25) is 4.79 Å². The minimum absolute atomic E-state index is 0. The van der Waals surface area contributed by atoms with E-state index in [1.165, 1.54) is 11.3 Å². The number of likely N-dealkylation sites (tertiary alicyclic amines) is 1. The number of halogens is 1. The zero-order chi connectivity index (χ0) is 12.3. The van der Waals surface area contributed by atoms with E-state index in [1.54, 1.807) is 11.3 Å². The van der Waals surface area contributed by atoms with Gasteiger partial charge in [0.15, 0.2) is 0 Å². The summed E-state index contributed by atoms with van der Waals surface area (Å²) < 4.78 is 0. The summed E-state index contributed by atoms with van der Waals surface area (Å²) in [7, 11) is 1.97. The van der Waals surface area contributed by atoms with Gasteiger partial charge in [-0.05, 0) is 38.3 Å². The van der Waals surface area contributed by atoms with Crippen molar-refractivity contribution in [3.05, 3.63) is 22.4 Å². The van der Waals surface area contributed by atoms with Crippen molar-refractivity contribution in [1.29, 1.82) is 0 Å². The van der Waals surface area contributed by atoms with Crippen molar-refractivity contribution in [3.63, 3.8) is 0 Å². The van der Waals surface area contributed by atoms with Crippen molar-refractivity contribution < 1.29 is 4.79 Å². The van der Waals surface area contributed by atoms with E-state index < -0.39 is 0 Å². The summed E-state index contributed by atoms with van der Waals surface area (Å²) in [5.74, 6) is 0.276. The van der Waals surface area contributed by atoms with Gasteiger partial charge in [0, 0.05) is 24.0 Å². The van der Waals surface area contributed by atoms with Crippen LogP contribution in [0.15, 0.2) is 17.5 Å². The largest absolute Gasteiger partial charge is 0.341 e. The predicted molar refractivity (Wildman–Crippen MR) is 78.6 cm³/mol. The molecule has 0 bridgehead atoms. The number of rotatable bonds is 3. The van der Waals surface area contributed by atoms with Crippen molar-refractivity contribution in [1.82, 2.24) is 10.2 Å². The zero-order valence-electron chi connectivity index (χ0n) is 10.9. The number of nitrogens with zero attached hydrogens (tertiary/aromatic N) is 1. The molecule has 2 heterocycles. The van der Waals surface area contributed by atoms with Crippen LogP contribution in [0.4, 0.5) is 0 Å². The highest BCUT2D eigenvalue weighted by atomic mass is 35.5. The predicted octanol–water partition coefficient (Wildman–Crippen LogP) is 2.48. The lowest BCUT2D eigenvalue weighted by Crippen LogP contribution is -2.48. The van der Waals surface area contributed by atoms with Crippen LogP contribution in [0.2, 0.25) is 0 Å². The van der Waals surface area contributed by atoms with E-state index in [1.807, 2.05) is 36.4 Å². The lowest BCUT2D eigenvalue weighted by Gasteiger charge is -2.34. The Morgan fingerprint density at radius 2 is 2.39 bits per heavy atom. The fraction of sp³-hybridized carbons (Fsp3) is 0.615. The second-order valence-corrected chi connectivity index (χ2v) is 5.63. The SMILES string of the molecule is CNC1CCCN(C(=O)C(C)c2cccs2)C1.Cl. The molecule has 0 spiro atoms. The normalized spacial score (nSPS) is 21.2. The standard InChI is InChI=1S/C13H20N2OS.ClH/c1-10(12-6-4-8-17-12)13(16)15-7-3-5-11(9-15)14-2;/h4,6,8,10-11,14H,3,5,7,9H2,1-2H3;1H. The molecule has 0 radical (unpaired) electrons. The first-order chi connectivity index (χ1) is 8.22. The van der Waals surface area contributed by atoms with Gasteiger partial charge < -0.3 is 10.2 Å². The monoisotopic (exact) mass is 288 g/mol. The molecule has 102 valence electrons. The molecule has 5 heteroatoms. The Morgan fingerprint density at radius 3 is 3.00 bits per heavy atom. The molecule has 1 amide bonds. The van der Waals surface area contributed by atoms with Crippen molar-refractivity contribution in [2.45, 2.75) is 31.7 Å². The van der Waals surface area contributed by atoms with Gasteiger partial charge in [-0.1, -0.05) is 6.07 Å². The molecule has 1 aliphatic rings. The number of thiophene rings is 1. The number of carbonyl (C=O) groups is 1. The van der Waals surface area contributed by atoms with Crippen molar-refractivity contribution in [3.8, 4) is 0 Å². The van der Waals surface area contributed by atoms with Crippen LogP contribution in [0.3, 0.4) is 0 Å². The Hall–Kier alpha value is -0.580. The lowest BCUT2D eigenvalue weighted by molar-refractivity contribution is -0.133. The third kappa shape index (κ3) is 3.46. The first-order valence-electron chi connectivity index (χ1n) is 6.22. The summed E-state index contributed by atoms with van der Waals surface area (Å²) in [4.78, 5) is 15.5. The summed E-state index contributed by atoms with van der Waals surface area (Å²) in [6.07, 6.45) is 2.28. The molecule has 1 N–H and O–H groups in total. The average Bonchev–Trinajstić information content (AvgIpc) is 2.91.